The largest absolute Gasteiger partial charge is 0.406 e. The van der Waals surface area contributed by atoms with Crippen LogP contribution in [-0.2, 0) is 17.1 Å². The van der Waals surface area contributed by atoms with Crippen LogP contribution in [0.25, 0.3) is 11.3 Å². The quantitative estimate of drug-likeness (QED) is 0.529. The van der Waals surface area contributed by atoms with Crippen molar-refractivity contribution in [2.24, 2.45) is 0 Å². The van der Waals surface area contributed by atoms with E-state index in [0.717, 1.165) is 0 Å². The van der Waals surface area contributed by atoms with E-state index in [4.69, 9.17) is 0 Å². The lowest BCUT2D eigenvalue weighted by atomic mass is 10.2. The van der Waals surface area contributed by atoms with Crippen molar-refractivity contribution in [2.75, 3.05) is 11.9 Å². The maximum atomic E-state index is 13.1. The molecule has 28 heavy (non-hydrogen) atoms. The molecule has 0 aliphatic carbocycles. The highest BCUT2D eigenvalue weighted by Gasteiger charge is 2.30. The van der Waals surface area contributed by atoms with Gasteiger partial charge in [0.1, 0.15) is 6.54 Å². The summed E-state index contributed by atoms with van der Waals surface area (Å²) in [7, 11) is 1.63. The third-order valence-electron chi connectivity index (χ3n) is 3.87. The number of imidazole rings is 1. The SMILES string of the molecule is CC(=O)N(C)c1nc(CSc2ncc(-c3ccccc3)n2CC(F)(F)F)cs1. The molecule has 0 radical (unpaired) electrons. The fourth-order valence-electron chi connectivity index (χ4n) is 2.44. The number of hydrogen-bond acceptors (Lipinski definition) is 5. The van der Waals surface area contributed by atoms with Crippen molar-refractivity contribution < 1.29 is 18.0 Å². The summed E-state index contributed by atoms with van der Waals surface area (Å²) in [6, 6.07) is 8.86. The molecule has 0 N–H and O–H groups in total. The molecule has 1 aromatic carbocycles. The molecule has 0 unspecified atom stereocenters. The fraction of sp³-hybridized carbons (Fsp3) is 0.278. The number of anilines is 1. The summed E-state index contributed by atoms with van der Waals surface area (Å²) in [6.07, 6.45) is -2.91. The third-order valence-corrected chi connectivity index (χ3v) is 5.86. The van der Waals surface area contributed by atoms with Crippen LogP contribution in [0.1, 0.15) is 12.6 Å². The van der Waals surface area contributed by atoms with Gasteiger partial charge in [0.15, 0.2) is 10.3 Å². The minimum atomic E-state index is -4.36. The Bertz CT molecular complexity index is 953. The Morgan fingerprint density at radius 1 is 1.29 bits per heavy atom. The molecule has 0 fully saturated rings. The molecule has 0 saturated heterocycles. The number of thiazole rings is 1. The maximum absolute atomic E-state index is 13.1. The molecule has 2 aromatic heterocycles. The minimum absolute atomic E-state index is 0.137. The molecule has 0 bridgehead atoms. The van der Waals surface area contributed by atoms with E-state index in [1.54, 1.807) is 36.7 Å². The van der Waals surface area contributed by atoms with Gasteiger partial charge in [0.2, 0.25) is 5.91 Å². The second kappa shape index (κ2) is 8.36. The van der Waals surface area contributed by atoms with Crippen LogP contribution >= 0.6 is 23.1 Å². The summed E-state index contributed by atoms with van der Waals surface area (Å²) in [6.45, 7) is 0.323. The number of carbonyl (C=O) groups excluding carboxylic acids is 1. The number of hydrogen-bond donors (Lipinski definition) is 0. The van der Waals surface area contributed by atoms with Gasteiger partial charge in [0, 0.05) is 25.1 Å². The van der Waals surface area contributed by atoms with E-state index in [9.17, 15) is 18.0 Å². The molecule has 2 heterocycles. The Hall–Kier alpha value is -2.33. The summed E-state index contributed by atoms with van der Waals surface area (Å²) in [5, 5.41) is 2.61. The van der Waals surface area contributed by atoms with Crippen LogP contribution in [-0.4, -0.2) is 33.7 Å². The highest BCUT2D eigenvalue weighted by Crippen LogP contribution is 2.32. The molecule has 0 aliphatic heterocycles. The van der Waals surface area contributed by atoms with Gasteiger partial charge in [-0.15, -0.1) is 11.3 Å². The van der Waals surface area contributed by atoms with Gasteiger partial charge in [-0.05, 0) is 5.56 Å². The van der Waals surface area contributed by atoms with Gasteiger partial charge in [-0.25, -0.2) is 9.97 Å². The minimum Gasteiger partial charge on any atom is -0.310 e. The first-order chi connectivity index (χ1) is 13.2. The average Bonchev–Trinajstić information content (AvgIpc) is 3.26. The van der Waals surface area contributed by atoms with Crippen molar-refractivity contribution in [3.63, 3.8) is 0 Å². The Labute approximate surface area is 168 Å². The third kappa shape index (κ3) is 4.93. The first kappa shape index (κ1) is 20.4. The number of aromatic nitrogens is 3. The van der Waals surface area contributed by atoms with Gasteiger partial charge in [-0.3, -0.25) is 9.69 Å². The van der Waals surface area contributed by atoms with Crippen molar-refractivity contribution in [3.8, 4) is 11.3 Å². The number of benzene rings is 1. The van der Waals surface area contributed by atoms with Crippen LogP contribution in [0.4, 0.5) is 18.3 Å². The van der Waals surface area contributed by atoms with Crippen molar-refractivity contribution >= 4 is 34.1 Å². The molecule has 0 aliphatic rings. The predicted molar refractivity (Wildman–Crippen MR) is 104 cm³/mol. The van der Waals surface area contributed by atoms with E-state index in [2.05, 4.69) is 9.97 Å². The van der Waals surface area contributed by atoms with Gasteiger partial charge in [0.25, 0.3) is 0 Å². The number of carbonyl (C=O) groups is 1. The van der Waals surface area contributed by atoms with E-state index in [-0.39, 0.29) is 11.1 Å². The molecule has 3 aromatic rings. The van der Waals surface area contributed by atoms with E-state index >= 15 is 0 Å². The molecule has 0 saturated carbocycles. The Morgan fingerprint density at radius 3 is 2.64 bits per heavy atom. The van der Waals surface area contributed by atoms with Crippen LogP contribution in [0.5, 0.6) is 0 Å². The number of thioether (sulfide) groups is 1. The van der Waals surface area contributed by atoms with Crippen LogP contribution in [0.15, 0.2) is 47.1 Å². The lowest BCUT2D eigenvalue weighted by Gasteiger charge is -2.14. The molecule has 3 rings (SSSR count). The lowest BCUT2D eigenvalue weighted by molar-refractivity contribution is -0.141. The first-order valence-electron chi connectivity index (χ1n) is 8.24. The Kier molecular flexibility index (Phi) is 6.09. The van der Waals surface area contributed by atoms with E-state index in [1.807, 2.05) is 6.07 Å². The summed E-state index contributed by atoms with van der Waals surface area (Å²) in [4.78, 5) is 21.4. The van der Waals surface area contributed by atoms with Gasteiger partial charge in [-0.2, -0.15) is 13.2 Å². The number of alkyl halides is 3. The van der Waals surface area contributed by atoms with Crippen molar-refractivity contribution in [2.45, 2.75) is 30.6 Å². The molecule has 0 atom stereocenters. The monoisotopic (exact) mass is 426 g/mol. The normalized spacial score (nSPS) is 11.6. The molecule has 10 heteroatoms. The molecule has 0 spiro atoms. The first-order valence-corrected chi connectivity index (χ1v) is 10.1. The van der Waals surface area contributed by atoms with Gasteiger partial charge in [-0.1, -0.05) is 42.1 Å². The zero-order valence-corrected chi connectivity index (χ0v) is 16.7. The smallest absolute Gasteiger partial charge is 0.310 e. The zero-order chi connectivity index (χ0) is 20.3. The fourth-order valence-corrected chi connectivity index (χ4v) is 4.25. The number of halogens is 3. The molecular weight excluding hydrogens is 409 g/mol. The highest BCUT2D eigenvalue weighted by molar-refractivity contribution is 7.98. The molecular formula is C18H17F3N4OS2. The van der Waals surface area contributed by atoms with Crippen LogP contribution in [0.3, 0.4) is 0 Å². The van der Waals surface area contributed by atoms with E-state index < -0.39 is 12.7 Å². The standard InChI is InChI=1S/C18H17F3N4OS2/c1-12(26)24(2)17-23-14(10-28-17)9-27-16-22-8-15(13-6-4-3-5-7-13)25(16)11-18(19,20)21/h3-8,10H,9,11H2,1-2H3. The second-order valence-electron chi connectivity index (χ2n) is 5.98. The predicted octanol–water partition coefficient (Wildman–Crippen LogP) is 4.84. The molecule has 5 nitrogen and oxygen atoms in total. The summed E-state index contributed by atoms with van der Waals surface area (Å²) in [5.74, 6) is 0.215. The Morgan fingerprint density at radius 2 is 2.00 bits per heavy atom. The number of amides is 1. The maximum Gasteiger partial charge on any atom is 0.406 e. The summed E-state index contributed by atoms with van der Waals surface area (Å²) in [5.41, 5.74) is 1.77. The summed E-state index contributed by atoms with van der Waals surface area (Å²) < 4.78 is 40.5. The van der Waals surface area contributed by atoms with Crippen LogP contribution in [0, 0.1) is 0 Å². The molecule has 1 amide bonds. The highest BCUT2D eigenvalue weighted by atomic mass is 32.2. The number of rotatable bonds is 6. The van der Waals surface area contributed by atoms with Crippen molar-refractivity contribution in [1.29, 1.82) is 0 Å². The van der Waals surface area contributed by atoms with E-state index in [0.29, 0.717) is 27.8 Å². The van der Waals surface area contributed by atoms with Crippen molar-refractivity contribution in [1.82, 2.24) is 14.5 Å². The van der Waals surface area contributed by atoms with E-state index in [1.165, 1.54) is 45.7 Å². The van der Waals surface area contributed by atoms with Crippen molar-refractivity contribution in [3.05, 3.63) is 47.6 Å². The second-order valence-corrected chi connectivity index (χ2v) is 7.76. The molecule has 148 valence electrons. The van der Waals surface area contributed by atoms with Gasteiger partial charge in [0.05, 0.1) is 17.6 Å². The summed E-state index contributed by atoms with van der Waals surface area (Å²) >= 11 is 2.49. The topological polar surface area (TPSA) is 51.0 Å². The van der Waals surface area contributed by atoms with Crippen LogP contribution in [0.2, 0.25) is 0 Å². The van der Waals surface area contributed by atoms with Gasteiger partial charge < -0.3 is 4.57 Å². The lowest BCUT2D eigenvalue weighted by Crippen LogP contribution is -2.22. The number of nitrogens with zero attached hydrogens (tertiary/aromatic N) is 4. The van der Waals surface area contributed by atoms with Crippen LogP contribution < -0.4 is 4.90 Å². The zero-order valence-electron chi connectivity index (χ0n) is 15.1. The average molecular weight is 426 g/mol. The Balaban J connectivity index is 1.82. The van der Waals surface area contributed by atoms with Gasteiger partial charge >= 0.3 is 6.18 Å².